The highest BCUT2D eigenvalue weighted by molar-refractivity contribution is 9.10. The van der Waals surface area contributed by atoms with Gasteiger partial charge >= 0.3 is 0 Å². The molecule has 1 atom stereocenters. The van der Waals surface area contributed by atoms with Crippen molar-refractivity contribution >= 4 is 27.5 Å². The van der Waals surface area contributed by atoms with Crippen LogP contribution in [0.3, 0.4) is 0 Å². The lowest BCUT2D eigenvalue weighted by Crippen LogP contribution is -2.14. The Morgan fingerprint density at radius 3 is 2.70 bits per heavy atom. The lowest BCUT2D eigenvalue weighted by atomic mass is 9.97. The van der Waals surface area contributed by atoms with Gasteiger partial charge in [-0.15, -0.1) is 0 Å². The molecule has 3 rings (SSSR count). The van der Waals surface area contributed by atoms with Gasteiger partial charge in [-0.05, 0) is 60.1 Å². The summed E-state index contributed by atoms with van der Waals surface area (Å²) in [5.74, 6) is 0. The van der Waals surface area contributed by atoms with Crippen LogP contribution >= 0.6 is 27.5 Å². The molecule has 0 spiro atoms. The van der Waals surface area contributed by atoms with Crippen LogP contribution in [0.25, 0.3) is 0 Å². The Morgan fingerprint density at radius 1 is 1.10 bits per heavy atom. The average molecular weight is 351 g/mol. The Balaban J connectivity index is 1.80. The summed E-state index contributed by atoms with van der Waals surface area (Å²) in [5.41, 5.74) is 11.8. The van der Waals surface area contributed by atoms with E-state index in [0.717, 1.165) is 21.5 Å². The highest BCUT2D eigenvalue weighted by atomic mass is 79.9. The topological polar surface area (TPSA) is 26.0 Å². The largest absolute Gasteiger partial charge is 0.324 e. The van der Waals surface area contributed by atoms with Crippen LogP contribution in [0.5, 0.6) is 0 Å². The predicted molar refractivity (Wildman–Crippen MR) is 88.3 cm³/mol. The lowest BCUT2D eigenvalue weighted by molar-refractivity contribution is 0.718. The number of fused-ring (bicyclic) bond motifs is 1. The number of halogens is 2. The Labute approximate surface area is 133 Å². The van der Waals surface area contributed by atoms with E-state index in [0.29, 0.717) is 0 Å². The van der Waals surface area contributed by atoms with Crippen LogP contribution in [0.1, 0.15) is 34.7 Å². The molecule has 1 unspecified atom stereocenters. The summed E-state index contributed by atoms with van der Waals surface area (Å²) in [4.78, 5) is 0. The normalized spacial score (nSPS) is 15.2. The summed E-state index contributed by atoms with van der Waals surface area (Å²) < 4.78 is 0.985. The maximum absolute atomic E-state index is 6.35. The summed E-state index contributed by atoms with van der Waals surface area (Å²) in [6.07, 6.45) is 4.58. The zero-order valence-electron chi connectivity index (χ0n) is 11.2. The van der Waals surface area contributed by atoms with E-state index in [1.165, 1.54) is 36.0 Å². The molecule has 0 aliphatic heterocycles. The minimum Gasteiger partial charge on any atom is -0.324 e. The molecule has 1 aliphatic rings. The van der Waals surface area contributed by atoms with E-state index in [-0.39, 0.29) is 6.04 Å². The third kappa shape index (κ3) is 2.93. The lowest BCUT2D eigenvalue weighted by Gasteiger charge is -2.15. The van der Waals surface area contributed by atoms with Crippen LogP contribution < -0.4 is 5.73 Å². The molecular weight excluding hydrogens is 334 g/mol. The minimum atomic E-state index is -0.0129. The zero-order valence-corrected chi connectivity index (χ0v) is 13.5. The predicted octanol–water partition coefficient (Wildman–Crippen LogP) is 4.83. The van der Waals surface area contributed by atoms with Crippen LogP contribution in [0.4, 0.5) is 0 Å². The first-order valence-electron chi connectivity index (χ1n) is 6.94. The second-order valence-corrected chi connectivity index (χ2v) is 6.72. The summed E-state index contributed by atoms with van der Waals surface area (Å²) in [5, 5.41) is 0.727. The number of hydrogen-bond donors (Lipinski definition) is 1. The van der Waals surface area contributed by atoms with Crippen LogP contribution in [0, 0.1) is 0 Å². The van der Waals surface area contributed by atoms with E-state index in [2.05, 4.69) is 34.1 Å². The number of benzene rings is 2. The molecule has 0 amide bonds. The van der Waals surface area contributed by atoms with Crippen LogP contribution in [0.15, 0.2) is 40.9 Å². The highest BCUT2D eigenvalue weighted by Gasteiger charge is 2.14. The summed E-state index contributed by atoms with van der Waals surface area (Å²) in [6, 6.07) is 12.6. The molecule has 2 N–H and O–H groups in total. The minimum absolute atomic E-state index is 0.0129. The summed E-state index contributed by atoms with van der Waals surface area (Å²) in [7, 11) is 0. The molecule has 1 aliphatic carbocycles. The van der Waals surface area contributed by atoms with E-state index in [4.69, 9.17) is 17.3 Å². The first-order valence-corrected chi connectivity index (χ1v) is 8.12. The molecule has 0 aromatic heterocycles. The van der Waals surface area contributed by atoms with Gasteiger partial charge in [-0.25, -0.2) is 0 Å². The fraction of sp³-hybridized carbons (Fsp3) is 0.294. The number of nitrogens with two attached hydrogens (primary N) is 1. The first-order chi connectivity index (χ1) is 9.63. The number of aryl methyl sites for hydroxylation is 2. The average Bonchev–Trinajstić information content (AvgIpc) is 2.85. The van der Waals surface area contributed by atoms with E-state index in [9.17, 15) is 0 Å². The molecule has 104 valence electrons. The standard InChI is InChI=1S/C17H17BrClN/c18-16-10-14(19)6-7-15(16)17(20)9-11-4-5-12-2-1-3-13(12)8-11/h4-8,10,17H,1-3,9,20H2. The zero-order chi connectivity index (χ0) is 14.1. The molecule has 0 saturated carbocycles. The van der Waals surface area contributed by atoms with Crippen molar-refractivity contribution in [3.8, 4) is 0 Å². The van der Waals surface area contributed by atoms with Crippen LogP contribution in [-0.2, 0) is 19.3 Å². The monoisotopic (exact) mass is 349 g/mol. The van der Waals surface area contributed by atoms with E-state index in [1.54, 1.807) is 0 Å². The van der Waals surface area contributed by atoms with Crippen molar-refractivity contribution in [3.05, 3.63) is 68.1 Å². The van der Waals surface area contributed by atoms with E-state index >= 15 is 0 Å². The third-order valence-electron chi connectivity index (χ3n) is 3.98. The number of rotatable bonds is 3. The van der Waals surface area contributed by atoms with Gasteiger partial charge in [-0.1, -0.05) is 51.8 Å². The number of hydrogen-bond acceptors (Lipinski definition) is 1. The van der Waals surface area contributed by atoms with Crippen molar-refractivity contribution in [3.63, 3.8) is 0 Å². The smallest absolute Gasteiger partial charge is 0.0417 e. The van der Waals surface area contributed by atoms with Gasteiger partial charge < -0.3 is 5.73 Å². The molecular formula is C17H17BrClN. The van der Waals surface area contributed by atoms with Gasteiger partial charge in [-0.2, -0.15) is 0 Å². The van der Waals surface area contributed by atoms with Gasteiger partial charge in [0.15, 0.2) is 0 Å². The van der Waals surface area contributed by atoms with Gasteiger partial charge in [0.1, 0.15) is 0 Å². The quantitative estimate of drug-likeness (QED) is 0.842. The van der Waals surface area contributed by atoms with E-state index in [1.807, 2.05) is 18.2 Å². The van der Waals surface area contributed by atoms with Gasteiger partial charge in [0.25, 0.3) is 0 Å². The molecule has 0 radical (unpaired) electrons. The summed E-state index contributed by atoms with van der Waals surface area (Å²) in [6.45, 7) is 0. The Hall–Kier alpha value is -0.830. The molecule has 2 aromatic carbocycles. The maximum Gasteiger partial charge on any atom is 0.0417 e. The van der Waals surface area contributed by atoms with Gasteiger partial charge in [0, 0.05) is 15.5 Å². The fourth-order valence-corrected chi connectivity index (χ4v) is 3.89. The molecule has 1 nitrogen and oxygen atoms in total. The molecule has 0 bridgehead atoms. The van der Waals surface area contributed by atoms with Crippen molar-refractivity contribution in [1.82, 2.24) is 0 Å². The van der Waals surface area contributed by atoms with Gasteiger partial charge in [0.05, 0.1) is 0 Å². The van der Waals surface area contributed by atoms with Crippen molar-refractivity contribution in [1.29, 1.82) is 0 Å². The van der Waals surface area contributed by atoms with E-state index < -0.39 is 0 Å². The summed E-state index contributed by atoms with van der Waals surface area (Å²) >= 11 is 9.52. The van der Waals surface area contributed by atoms with Crippen molar-refractivity contribution in [2.75, 3.05) is 0 Å². The molecule has 0 saturated heterocycles. The Kier molecular flexibility index (Phi) is 4.16. The van der Waals surface area contributed by atoms with Crippen molar-refractivity contribution in [2.45, 2.75) is 31.7 Å². The molecule has 0 heterocycles. The molecule has 0 fully saturated rings. The van der Waals surface area contributed by atoms with Crippen LogP contribution in [0.2, 0.25) is 5.02 Å². The SMILES string of the molecule is NC(Cc1ccc2c(c1)CCC2)c1ccc(Cl)cc1Br. The van der Waals surface area contributed by atoms with Gasteiger partial charge in [-0.3, -0.25) is 0 Å². The van der Waals surface area contributed by atoms with Gasteiger partial charge in [0.2, 0.25) is 0 Å². The molecule has 3 heteroatoms. The first kappa shape index (κ1) is 14.1. The van der Waals surface area contributed by atoms with Crippen LogP contribution in [-0.4, -0.2) is 0 Å². The molecule has 20 heavy (non-hydrogen) atoms. The highest BCUT2D eigenvalue weighted by Crippen LogP contribution is 2.29. The molecule has 2 aromatic rings. The Morgan fingerprint density at radius 2 is 1.90 bits per heavy atom. The second-order valence-electron chi connectivity index (χ2n) is 5.43. The maximum atomic E-state index is 6.35. The fourth-order valence-electron chi connectivity index (χ4n) is 2.92. The second kappa shape index (κ2) is 5.88. The van der Waals surface area contributed by atoms with Crippen molar-refractivity contribution in [2.24, 2.45) is 5.73 Å². The van der Waals surface area contributed by atoms with Crippen molar-refractivity contribution < 1.29 is 0 Å². The third-order valence-corrected chi connectivity index (χ3v) is 4.90. The Bertz CT molecular complexity index is 639.